The standard InChI is InChI=1S/C30H27ClN4O5/c1-29-23(39-28(38)33-2)14-30(40-29,13-5-6-19-11-10-18(31)16-34-19)25-24(29)26(36)35(27(25)37)22-12-9-17(15-32)20-7-3-4-8-21(20)22/h3-4,7-12,16,23-25H,5-6,13-14H2,1-2H3,(H,33,38)/t23-,24-,25+,29?,30?/m0/s1. The maximum atomic E-state index is 14.2. The van der Waals surface area contributed by atoms with Gasteiger partial charge >= 0.3 is 6.09 Å². The van der Waals surface area contributed by atoms with Gasteiger partial charge in [-0.1, -0.05) is 35.9 Å². The number of rotatable bonds is 6. The molecule has 1 aromatic heterocycles. The Morgan fingerprint density at radius 1 is 1.18 bits per heavy atom. The van der Waals surface area contributed by atoms with Gasteiger partial charge in [0, 0.05) is 36.1 Å². The zero-order valence-electron chi connectivity index (χ0n) is 22.0. The average molecular weight is 559 g/mol. The van der Waals surface area contributed by atoms with Crippen molar-refractivity contribution >= 4 is 46.0 Å². The Bertz CT molecular complexity index is 1590. The number of ether oxygens (including phenoxy) is 2. The Morgan fingerprint density at radius 3 is 2.62 bits per heavy atom. The van der Waals surface area contributed by atoms with Crippen molar-refractivity contribution in [3.63, 3.8) is 0 Å². The van der Waals surface area contributed by atoms with Crippen LogP contribution in [0.3, 0.4) is 0 Å². The predicted octanol–water partition coefficient (Wildman–Crippen LogP) is 4.54. The van der Waals surface area contributed by atoms with Gasteiger partial charge in [-0.3, -0.25) is 14.6 Å². The molecule has 3 aromatic rings. The number of nitrogens with zero attached hydrogens (tertiary/aromatic N) is 3. The minimum atomic E-state index is -1.18. The number of imide groups is 1. The smallest absolute Gasteiger partial charge is 0.407 e. The fourth-order valence-electron chi connectivity index (χ4n) is 6.88. The molecule has 3 aliphatic heterocycles. The lowest BCUT2D eigenvalue weighted by Crippen LogP contribution is -2.51. The molecule has 4 heterocycles. The van der Waals surface area contributed by atoms with Crippen LogP contribution in [0, 0.1) is 23.2 Å². The highest BCUT2D eigenvalue weighted by atomic mass is 35.5. The van der Waals surface area contributed by atoms with Gasteiger partial charge in [0.25, 0.3) is 0 Å². The first-order chi connectivity index (χ1) is 19.2. The van der Waals surface area contributed by atoms with Crippen molar-refractivity contribution in [2.75, 3.05) is 11.9 Å². The highest BCUT2D eigenvalue weighted by molar-refractivity contribution is 6.30. The predicted molar refractivity (Wildman–Crippen MR) is 146 cm³/mol. The summed E-state index contributed by atoms with van der Waals surface area (Å²) in [6, 6.07) is 16.3. The largest absolute Gasteiger partial charge is 0.443 e. The van der Waals surface area contributed by atoms with E-state index in [1.54, 1.807) is 43.5 Å². The zero-order chi connectivity index (χ0) is 28.2. The molecule has 10 heteroatoms. The van der Waals surface area contributed by atoms with Crippen molar-refractivity contribution in [3.05, 3.63) is 71.0 Å². The van der Waals surface area contributed by atoms with E-state index in [0.717, 1.165) is 5.69 Å². The summed E-state index contributed by atoms with van der Waals surface area (Å²) in [5.74, 6) is -2.29. The molecular weight excluding hydrogens is 532 g/mol. The monoisotopic (exact) mass is 558 g/mol. The number of hydrogen-bond donors (Lipinski definition) is 1. The van der Waals surface area contributed by atoms with Crippen LogP contribution in [0.1, 0.15) is 37.4 Å². The number of anilines is 1. The van der Waals surface area contributed by atoms with Crippen molar-refractivity contribution in [1.29, 1.82) is 5.26 Å². The molecule has 3 fully saturated rings. The van der Waals surface area contributed by atoms with E-state index >= 15 is 0 Å². The highest BCUT2D eigenvalue weighted by Crippen LogP contribution is 2.63. The maximum Gasteiger partial charge on any atom is 0.407 e. The molecule has 6 rings (SSSR count). The minimum Gasteiger partial charge on any atom is -0.443 e. The first-order valence-electron chi connectivity index (χ1n) is 13.2. The van der Waals surface area contributed by atoms with Crippen LogP contribution in [0.15, 0.2) is 54.7 Å². The number of pyridine rings is 1. The lowest BCUT2D eigenvalue weighted by atomic mass is 9.65. The molecule has 3 amide bonds. The van der Waals surface area contributed by atoms with Crippen molar-refractivity contribution in [2.24, 2.45) is 11.8 Å². The summed E-state index contributed by atoms with van der Waals surface area (Å²) in [5.41, 5.74) is -0.422. The van der Waals surface area contributed by atoms with Gasteiger partial charge in [0.05, 0.1) is 39.8 Å². The van der Waals surface area contributed by atoms with Crippen LogP contribution in [0.4, 0.5) is 10.5 Å². The van der Waals surface area contributed by atoms with Crippen molar-refractivity contribution in [3.8, 4) is 6.07 Å². The molecule has 5 atom stereocenters. The van der Waals surface area contributed by atoms with Crippen LogP contribution in [-0.2, 0) is 25.5 Å². The molecule has 2 unspecified atom stereocenters. The SMILES string of the molecule is CNC(=O)O[C@H]1CC2(CCCc3ccc(Cl)cn3)OC1(C)[C@@H]1C(=O)N(c3ccc(C#N)c4ccccc34)C(=O)[C@@H]12. The number of halogens is 1. The van der Waals surface area contributed by atoms with E-state index in [4.69, 9.17) is 21.1 Å². The molecule has 0 saturated carbocycles. The van der Waals surface area contributed by atoms with E-state index in [9.17, 15) is 19.6 Å². The number of hydrogen-bond acceptors (Lipinski definition) is 7. The molecule has 204 valence electrons. The van der Waals surface area contributed by atoms with Crippen LogP contribution in [-0.4, -0.2) is 47.2 Å². The lowest BCUT2D eigenvalue weighted by Gasteiger charge is -2.35. The summed E-state index contributed by atoms with van der Waals surface area (Å²) in [7, 11) is 1.47. The van der Waals surface area contributed by atoms with E-state index in [0.29, 0.717) is 52.7 Å². The highest BCUT2D eigenvalue weighted by Gasteiger charge is 2.78. The third kappa shape index (κ3) is 3.86. The number of carbonyl (C=O) groups excluding carboxylic acids is 3. The van der Waals surface area contributed by atoms with Gasteiger partial charge < -0.3 is 14.8 Å². The number of fused-ring (bicyclic) bond motifs is 6. The van der Waals surface area contributed by atoms with E-state index in [-0.39, 0.29) is 11.8 Å². The zero-order valence-corrected chi connectivity index (χ0v) is 22.8. The number of aromatic nitrogens is 1. The molecule has 9 nitrogen and oxygen atoms in total. The van der Waals surface area contributed by atoms with Crippen LogP contribution >= 0.6 is 11.6 Å². The number of nitriles is 1. The summed E-state index contributed by atoms with van der Waals surface area (Å²) in [6.45, 7) is 1.76. The Balaban J connectivity index is 1.38. The van der Waals surface area contributed by atoms with Crippen LogP contribution in [0.2, 0.25) is 5.02 Å². The summed E-state index contributed by atoms with van der Waals surface area (Å²) < 4.78 is 12.3. The second-order valence-electron chi connectivity index (χ2n) is 10.8. The van der Waals surface area contributed by atoms with E-state index < -0.39 is 35.2 Å². The third-order valence-corrected chi connectivity index (χ3v) is 8.84. The van der Waals surface area contributed by atoms with E-state index in [1.807, 2.05) is 18.2 Å². The van der Waals surface area contributed by atoms with Gasteiger partial charge in [-0.25, -0.2) is 9.69 Å². The number of alkyl carbamates (subject to hydrolysis) is 1. The van der Waals surface area contributed by atoms with Crippen LogP contribution in [0.25, 0.3) is 10.8 Å². The lowest BCUT2D eigenvalue weighted by molar-refractivity contribution is -0.133. The number of aryl methyl sites for hydroxylation is 1. The molecule has 3 aliphatic rings. The fraction of sp³-hybridized carbons (Fsp3) is 0.367. The molecule has 40 heavy (non-hydrogen) atoms. The normalized spacial score (nSPS) is 28.6. The molecule has 0 radical (unpaired) electrons. The Morgan fingerprint density at radius 2 is 1.93 bits per heavy atom. The second-order valence-corrected chi connectivity index (χ2v) is 11.2. The molecule has 0 aliphatic carbocycles. The number of nitrogens with one attached hydrogen (secondary N) is 1. The summed E-state index contributed by atoms with van der Waals surface area (Å²) in [5, 5.41) is 13.9. The van der Waals surface area contributed by atoms with Crippen molar-refractivity contribution < 1.29 is 23.9 Å². The summed E-state index contributed by atoms with van der Waals surface area (Å²) in [4.78, 5) is 46.2. The number of benzene rings is 2. The quantitative estimate of drug-likeness (QED) is 0.441. The van der Waals surface area contributed by atoms with Crippen molar-refractivity contribution in [1.82, 2.24) is 10.3 Å². The van der Waals surface area contributed by atoms with Gasteiger partial charge in [0.2, 0.25) is 11.8 Å². The number of carbonyl (C=O) groups is 3. The topological polar surface area (TPSA) is 122 Å². The second kappa shape index (κ2) is 9.58. The Hall–Kier alpha value is -4.00. The van der Waals surface area contributed by atoms with E-state index in [1.165, 1.54) is 11.9 Å². The van der Waals surface area contributed by atoms with Gasteiger partial charge in [0.1, 0.15) is 11.7 Å². The van der Waals surface area contributed by atoms with Crippen LogP contribution in [0.5, 0.6) is 0 Å². The first-order valence-corrected chi connectivity index (χ1v) is 13.6. The number of amides is 3. The summed E-state index contributed by atoms with van der Waals surface area (Å²) >= 11 is 5.97. The molecule has 2 bridgehead atoms. The van der Waals surface area contributed by atoms with Gasteiger partial charge in [-0.15, -0.1) is 0 Å². The van der Waals surface area contributed by atoms with E-state index in [2.05, 4.69) is 16.4 Å². The molecule has 2 aromatic carbocycles. The fourth-order valence-corrected chi connectivity index (χ4v) is 7.00. The minimum absolute atomic E-state index is 0.299. The van der Waals surface area contributed by atoms with Gasteiger partial charge in [-0.2, -0.15) is 5.26 Å². The van der Waals surface area contributed by atoms with Crippen molar-refractivity contribution in [2.45, 2.75) is 49.9 Å². The average Bonchev–Trinajstić information content (AvgIpc) is 3.50. The molecule has 0 spiro atoms. The molecule has 3 saturated heterocycles. The third-order valence-electron chi connectivity index (χ3n) is 8.62. The molecule has 1 N–H and O–H groups in total. The Kier molecular flexibility index (Phi) is 6.28. The summed E-state index contributed by atoms with van der Waals surface area (Å²) in [6.07, 6.45) is 2.31. The van der Waals surface area contributed by atoms with Crippen LogP contribution < -0.4 is 10.2 Å². The van der Waals surface area contributed by atoms with Gasteiger partial charge in [0.15, 0.2) is 0 Å². The van der Waals surface area contributed by atoms with Gasteiger partial charge in [-0.05, 0) is 50.5 Å². The Labute approximate surface area is 236 Å². The first kappa shape index (κ1) is 26.2. The molecular formula is C30H27ClN4O5. The maximum absolute atomic E-state index is 14.2.